The molecule has 1 saturated heterocycles. The Hall–Kier alpha value is -2.94. The van der Waals surface area contributed by atoms with Crippen molar-refractivity contribution in [3.63, 3.8) is 0 Å². The topological polar surface area (TPSA) is 109 Å². The van der Waals surface area contributed by atoms with Crippen LogP contribution in [0.3, 0.4) is 0 Å². The van der Waals surface area contributed by atoms with Gasteiger partial charge in [0.15, 0.2) is 11.4 Å². The van der Waals surface area contributed by atoms with Gasteiger partial charge in [0, 0.05) is 20.1 Å². The molecule has 0 aliphatic carbocycles. The van der Waals surface area contributed by atoms with Crippen molar-refractivity contribution in [1.82, 2.24) is 30.0 Å². The predicted octanol–water partition coefficient (Wildman–Crippen LogP) is 0.892. The zero-order chi connectivity index (χ0) is 18.8. The summed E-state index contributed by atoms with van der Waals surface area (Å²) in [6.07, 6.45) is 5.12. The predicted molar refractivity (Wildman–Crippen MR) is 98.2 cm³/mol. The summed E-state index contributed by atoms with van der Waals surface area (Å²) in [5.41, 5.74) is 0.426. The number of aromatic nitrogens is 4. The molecule has 3 aromatic heterocycles. The number of amides is 1. The molecule has 1 amide bonds. The number of nitrogens with zero attached hydrogens (tertiary/aromatic N) is 4. The van der Waals surface area contributed by atoms with Gasteiger partial charge < -0.3 is 14.7 Å². The number of rotatable bonds is 5. The first kappa shape index (κ1) is 17.5. The molecule has 3 aromatic rings. The maximum Gasteiger partial charge on any atom is 0.286 e. The average Bonchev–Trinajstić information content (AvgIpc) is 3.31. The summed E-state index contributed by atoms with van der Waals surface area (Å²) in [7, 11) is 1.77. The number of H-pyrrole nitrogens is 1. The van der Waals surface area contributed by atoms with E-state index in [-0.39, 0.29) is 11.5 Å². The average molecular weight is 370 g/mol. The fraction of sp³-hybridized carbons (Fsp3) is 0.444. The third-order valence-corrected chi connectivity index (χ3v) is 4.92. The van der Waals surface area contributed by atoms with Crippen molar-refractivity contribution in [3.8, 4) is 0 Å². The lowest BCUT2D eigenvalue weighted by Gasteiger charge is -2.32. The van der Waals surface area contributed by atoms with Crippen LogP contribution in [0.15, 0.2) is 33.8 Å². The lowest BCUT2D eigenvalue weighted by molar-refractivity contribution is 0.0902. The van der Waals surface area contributed by atoms with Crippen LogP contribution >= 0.6 is 0 Å². The van der Waals surface area contributed by atoms with E-state index in [1.54, 1.807) is 23.9 Å². The van der Waals surface area contributed by atoms with E-state index in [9.17, 15) is 9.59 Å². The number of likely N-dealkylation sites (tertiary alicyclic amines) is 1. The number of carbonyl (C=O) groups excluding carboxylic acids is 1. The summed E-state index contributed by atoms with van der Waals surface area (Å²) in [6, 6.07) is 3.35. The maximum absolute atomic E-state index is 12.2. The molecule has 0 bridgehead atoms. The molecule has 1 aliphatic rings. The summed E-state index contributed by atoms with van der Waals surface area (Å²) >= 11 is 0. The van der Waals surface area contributed by atoms with E-state index < -0.39 is 0 Å². The van der Waals surface area contributed by atoms with Gasteiger partial charge in [-0.1, -0.05) is 0 Å². The molecule has 1 aliphatic heterocycles. The van der Waals surface area contributed by atoms with E-state index in [0.717, 1.165) is 25.9 Å². The normalized spacial score (nSPS) is 18.0. The molecule has 9 heteroatoms. The molecule has 142 valence electrons. The third kappa shape index (κ3) is 3.77. The van der Waals surface area contributed by atoms with Crippen LogP contribution in [0.2, 0.25) is 0 Å². The Kier molecular flexibility index (Phi) is 4.76. The van der Waals surface area contributed by atoms with Gasteiger partial charge in [0.2, 0.25) is 0 Å². The number of aryl methyl sites for hydroxylation is 1. The molecule has 2 N–H and O–H groups in total. The van der Waals surface area contributed by atoms with Gasteiger partial charge in [-0.3, -0.25) is 19.2 Å². The first-order valence-corrected chi connectivity index (χ1v) is 9.05. The van der Waals surface area contributed by atoms with Crippen LogP contribution in [-0.4, -0.2) is 50.2 Å². The molecule has 4 heterocycles. The molecule has 1 atom stereocenters. The molecule has 0 aromatic carbocycles. The van der Waals surface area contributed by atoms with E-state index in [2.05, 4.69) is 25.3 Å². The number of furan rings is 1. The van der Waals surface area contributed by atoms with E-state index in [4.69, 9.17) is 4.42 Å². The van der Waals surface area contributed by atoms with Crippen LogP contribution in [0.25, 0.3) is 11.0 Å². The second-order valence-corrected chi connectivity index (χ2v) is 6.95. The van der Waals surface area contributed by atoms with Crippen molar-refractivity contribution < 1.29 is 9.21 Å². The lowest BCUT2D eigenvalue weighted by atomic mass is 9.98. The summed E-state index contributed by atoms with van der Waals surface area (Å²) < 4.78 is 6.72. The minimum atomic E-state index is -0.190. The van der Waals surface area contributed by atoms with Crippen molar-refractivity contribution in [3.05, 3.63) is 46.5 Å². The number of carbonyl (C=O) groups is 1. The summed E-state index contributed by atoms with van der Waals surface area (Å²) in [6.45, 7) is 2.95. The fourth-order valence-corrected chi connectivity index (χ4v) is 3.56. The van der Waals surface area contributed by atoms with E-state index in [1.165, 1.54) is 12.5 Å². The van der Waals surface area contributed by atoms with Crippen LogP contribution in [-0.2, 0) is 13.6 Å². The Morgan fingerprint density at radius 2 is 2.37 bits per heavy atom. The Balaban J connectivity index is 1.38. The lowest BCUT2D eigenvalue weighted by Crippen LogP contribution is -2.41. The molecule has 0 radical (unpaired) electrons. The van der Waals surface area contributed by atoms with Crippen molar-refractivity contribution in [2.24, 2.45) is 13.0 Å². The van der Waals surface area contributed by atoms with Crippen LogP contribution in [0.5, 0.6) is 0 Å². The van der Waals surface area contributed by atoms with Gasteiger partial charge in [-0.05, 0) is 37.4 Å². The zero-order valence-corrected chi connectivity index (χ0v) is 15.1. The smallest absolute Gasteiger partial charge is 0.286 e. The number of hydrogen-bond donors (Lipinski definition) is 2. The highest BCUT2D eigenvalue weighted by Gasteiger charge is 2.22. The molecular formula is C18H22N6O3. The SMILES string of the molecule is Cn1ncc2c(=O)[nH]c(CN3CCC[C@H](CNC(=O)c4ccco4)C3)nc21. The number of aromatic amines is 1. The van der Waals surface area contributed by atoms with E-state index >= 15 is 0 Å². The molecule has 4 rings (SSSR count). The molecule has 0 saturated carbocycles. The summed E-state index contributed by atoms with van der Waals surface area (Å²) in [5, 5.41) is 7.52. The van der Waals surface area contributed by atoms with Crippen molar-refractivity contribution in [2.45, 2.75) is 19.4 Å². The van der Waals surface area contributed by atoms with Gasteiger partial charge >= 0.3 is 0 Å². The molecular weight excluding hydrogens is 348 g/mol. The quantitative estimate of drug-likeness (QED) is 0.690. The molecule has 0 spiro atoms. The van der Waals surface area contributed by atoms with Crippen molar-refractivity contribution in [1.29, 1.82) is 0 Å². The number of hydrogen-bond acceptors (Lipinski definition) is 6. The highest BCUT2D eigenvalue weighted by atomic mass is 16.3. The number of piperidine rings is 1. The van der Waals surface area contributed by atoms with Gasteiger partial charge in [-0.2, -0.15) is 5.10 Å². The van der Waals surface area contributed by atoms with Gasteiger partial charge in [-0.25, -0.2) is 4.98 Å². The zero-order valence-electron chi connectivity index (χ0n) is 15.1. The molecule has 1 fully saturated rings. The van der Waals surface area contributed by atoms with Crippen molar-refractivity contribution >= 4 is 16.9 Å². The number of nitrogens with one attached hydrogen (secondary N) is 2. The van der Waals surface area contributed by atoms with Gasteiger partial charge in [0.1, 0.15) is 11.2 Å². The van der Waals surface area contributed by atoms with Crippen LogP contribution in [0.4, 0.5) is 0 Å². The van der Waals surface area contributed by atoms with Gasteiger partial charge in [-0.15, -0.1) is 0 Å². The minimum absolute atomic E-state index is 0.164. The van der Waals surface area contributed by atoms with Crippen LogP contribution in [0, 0.1) is 5.92 Å². The monoisotopic (exact) mass is 370 g/mol. The first-order valence-electron chi connectivity index (χ1n) is 9.05. The third-order valence-electron chi connectivity index (χ3n) is 4.92. The number of fused-ring (bicyclic) bond motifs is 1. The Morgan fingerprint density at radius 1 is 1.48 bits per heavy atom. The van der Waals surface area contributed by atoms with E-state index in [0.29, 0.717) is 41.6 Å². The maximum atomic E-state index is 12.2. The Bertz CT molecular complexity index is 990. The van der Waals surface area contributed by atoms with Crippen LogP contribution in [0.1, 0.15) is 29.2 Å². The van der Waals surface area contributed by atoms with Crippen molar-refractivity contribution in [2.75, 3.05) is 19.6 Å². The molecule has 0 unspecified atom stereocenters. The highest BCUT2D eigenvalue weighted by Crippen LogP contribution is 2.17. The molecule has 9 nitrogen and oxygen atoms in total. The minimum Gasteiger partial charge on any atom is -0.459 e. The van der Waals surface area contributed by atoms with Gasteiger partial charge in [0.05, 0.1) is 19.0 Å². The second-order valence-electron chi connectivity index (χ2n) is 6.95. The Morgan fingerprint density at radius 3 is 3.19 bits per heavy atom. The Labute approximate surface area is 155 Å². The standard InChI is InChI=1S/C18H22N6O3/c1-23-16-13(9-20-23)17(25)22-15(21-16)11-24-6-2-4-12(10-24)8-19-18(26)14-5-3-7-27-14/h3,5,7,9,12H,2,4,6,8,10-11H2,1H3,(H,19,26)(H,21,22,25)/t12-/m1/s1. The first-order chi connectivity index (χ1) is 13.1. The van der Waals surface area contributed by atoms with Crippen LogP contribution < -0.4 is 10.9 Å². The highest BCUT2D eigenvalue weighted by molar-refractivity contribution is 5.91. The second kappa shape index (κ2) is 7.36. The van der Waals surface area contributed by atoms with E-state index in [1.807, 2.05) is 0 Å². The summed E-state index contributed by atoms with van der Waals surface area (Å²) in [4.78, 5) is 33.9. The summed E-state index contributed by atoms with van der Waals surface area (Å²) in [5.74, 6) is 1.12. The molecule has 27 heavy (non-hydrogen) atoms. The largest absolute Gasteiger partial charge is 0.459 e. The van der Waals surface area contributed by atoms with Gasteiger partial charge in [0.25, 0.3) is 11.5 Å². The fourth-order valence-electron chi connectivity index (χ4n) is 3.56.